The second-order valence-corrected chi connectivity index (χ2v) is 9.35. The smallest absolute Gasteiger partial charge is 0.345 e. The molecule has 36 heavy (non-hydrogen) atoms. The minimum Gasteiger partial charge on any atom is -0.477 e. The molecule has 9 nitrogen and oxygen atoms in total. The van der Waals surface area contributed by atoms with Gasteiger partial charge in [-0.2, -0.15) is 0 Å². The summed E-state index contributed by atoms with van der Waals surface area (Å²) in [4.78, 5) is 41.5. The van der Waals surface area contributed by atoms with E-state index >= 15 is 0 Å². The lowest BCUT2D eigenvalue weighted by Gasteiger charge is -2.19. The second kappa shape index (κ2) is 10.9. The third-order valence-electron chi connectivity index (χ3n) is 5.95. The number of nitrogens with zero attached hydrogens (tertiary/aromatic N) is 2. The molecule has 1 aromatic carbocycles. The number of aryl methyl sites for hydroxylation is 2. The van der Waals surface area contributed by atoms with E-state index in [0.29, 0.717) is 25.1 Å². The van der Waals surface area contributed by atoms with Crippen LogP contribution in [0.4, 0.5) is 10.1 Å². The number of aromatic carboxylic acids is 1. The predicted molar refractivity (Wildman–Crippen MR) is 131 cm³/mol. The van der Waals surface area contributed by atoms with Crippen LogP contribution in [0.15, 0.2) is 36.4 Å². The molecule has 1 saturated heterocycles. The molecule has 3 heterocycles. The molecule has 188 valence electrons. The SMILES string of the molecule is CCOC(=O)c1c([C@@H]2CCCN2)nc(CCc2ccc(F)cc2)c([N+](=O)[O-])c1-c1ccc(C(=O)O)s1. The molecule has 0 amide bonds. The molecule has 2 N–H and O–H groups in total. The lowest BCUT2D eigenvalue weighted by Crippen LogP contribution is -2.22. The third kappa shape index (κ3) is 5.26. The van der Waals surface area contributed by atoms with Crippen LogP contribution in [0.5, 0.6) is 0 Å². The second-order valence-electron chi connectivity index (χ2n) is 8.26. The molecule has 0 spiro atoms. The number of thiophene rings is 1. The van der Waals surface area contributed by atoms with Crippen molar-refractivity contribution in [1.29, 1.82) is 0 Å². The number of carbonyl (C=O) groups excluding carboxylic acids is 1. The molecule has 11 heteroatoms. The number of halogens is 1. The van der Waals surface area contributed by atoms with Crippen molar-refractivity contribution in [2.24, 2.45) is 0 Å². The van der Waals surface area contributed by atoms with E-state index in [2.05, 4.69) is 10.3 Å². The largest absolute Gasteiger partial charge is 0.477 e. The van der Waals surface area contributed by atoms with E-state index in [1.54, 1.807) is 19.1 Å². The standard InChI is InChI=1S/C25H24FN3O6S/c1-2-35-25(32)21-20(18-11-12-19(36-18)24(30)31)23(29(33)34)17(28-22(21)16-4-3-13-27-16)10-7-14-5-8-15(26)9-6-14/h5-6,8-9,11-12,16,27H,2-4,7,10,13H2,1H3,(H,30,31)/t16-/m0/s1. The summed E-state index contributed by atoms with van der Waals surface area (Å²) in [5, 5.41) is 25.1. The molecular formula is C25H24FN3O6S. The van der Waals surface area contributed by atoms with Crippen molar-refractivity contribution in [2.75, 3.05) is 13.2 Å². The fraction of sp³-hybridized carbons (Fsp3) is 0.320. The molecule has 1 fully saturated rings. The minimum atomic E-state index is -1.17. The van der Waals surface area contributed by atoms with Crippen LogP contribution in [-0.4, -0.2) is 40.1 Å². The first-order valence-corrected chi connectivity index (χ1v) is 12.3. The number of aromatic nitrogens is 1. The molecule has 0 unspecified atom stereocenters. The molecule has 4 rings (SSSR count). The fourth-order valence-electron chi connectivity index (χ4n) is 4.34. The number of nitrogens with one attached hydrogen (secondary N) is 1. The zero-order valence-electron chi connectivity index (χ0n) is 19.5. The Morgan fingerprint density at radius 3 is 2.58 bits per heavy atom. The highest BCUT2D eigenvalue weighted by atomic mass is 32.1. The van der Waals surface area contributed by atoms with Crippen LogP contribution >= 0.6 is 11.3 Å². The van der Waals surface area contributed by atoms with Crippen molar-refractivity contribution >= 4 is 29.0 Å². The number of carboxylic acids is 1. The van der Waals surface area contributed by atoms with Gasteiger partial charge in [0.25, 0.3) is 5.69 Å². The Balaban J connectivity index is 1.95. The maximum Gasteiger partial charge on any atom is 0.345 e. The van der Waals surface area contributed by atoms with Gasteiger partial charge in [0.1, 0.15) is 16.4 Å². The van der Waals surface area contributed by atoms with Crippen molar-refractivity contribution in [2.45, 2.75) is 38.6 Å². The number of benzene rings is 1. The molecule has 0 aliphatic carbocycles. The number of carboxylic acid groups (broad SMARTS) is 1. The maximum absolute atomic E-state index is 13.3. The summed E-state index contributed by atoms with van der Waals surface area (Å²) in [6, 6.07) is 8.35. The fourth-order valence-corrected chi connectivity index (χ4v) is 5.23. The van der Waals surface area contributed by atoms with E-state index < -0.39 is 16.9 Å². The topological polar surface area (TPSA) is 132 Å². The highest BCUT2D eigenvalue weighted by molar-refractivity contribution is 7.17. The first-order chi connectivity index (χ1) is 17.3. The number of carbonyl (C=O) groups is 2. The van der Waals surface area contributed by atoms with Crippen LogP contribution in [0.1, 0.15) is 62.8 Å². The Morgan fingerprint density at radius 1 is 1.25 bits per heavy atom. The van der Waals surface area contributed by atoms with Crippen molar-refractivity contribution in [3.05, 3.63) is 79.7 Å². The van der Waals surface area contributed by atoms with Crippen LogP contribution in [0.2, 0.25) is 0 Å². The normalized spacial score (nSPS) is 15.1. The number of esters is 1. The third-order valence-corrected chi connectivity index (χ3v) is 7.04. The van der Waals surface area contributed by atoms with Gasteiger partial charge < -0.3 is 15.2 Å². The quantitative estimate of drug-likeness (QED) is 0.234. The van der Waals surface area contributed by atoms with E-state index in [1.165, 1.54) is 24.3 Å². The van der Waals surface area contributed by atoms with Crippen molar-refractivity contribution < 1.29 is 28.7 Å². The number of pyridine rings is 1. The summed E-state index contributed by atoms with van der Waals surface area (Å²) in [5.41, 5.74) is 0.928. The van der Waals surface area contributed by atoms with Gasteiger partial charge in [-0.05, 0) is 62.6 Å². The Labute approximate surface area is 210 Å². The molecule has 1 atom stereocenters. The summed E-state index contributed by atoms with van der Waals surface area (Å²) < 4.78 is 18.6. The number of hydrogen-bond donors (Lipinski definition) is 2. The van der Waals surface area contributed by atoms with Gasteiger partial charge in [0.15, 0.2) is 0 Å². The number of rotatable bonds is 9. The average molecular weight is 514 g/mol. The summed E-state index contributed by atoms with van der Waals surface area (Å²) in [6.45, 7) is 2.40. The Bertz CT molecular complexity index is 1300. The summed E-state index contributed by atoms with van der Waals surface area (Å²) in [7, 11) is 0. The van der Waals surface area contributed by atoms with Gasteiger partial charge >= 0.3 is 11.9 Å². The van der Waals surface area contributed by atoms with Crippen LogP contribution in [-0.2, 0) is 17.6 Å². The minimum absolute atomic E-state index is 0.0145. The molecule has 1 aliphatic heterocycles. The lowest BCUT2D eigenvalue weighted by molar-refractivity contribution is -0.385. The highest BCUT2D eigenvalue weighted by Gasteiger charge is 2.36. The van der Waals surface area contributed by atoms with Crippen molar-refractivity contribution in [3.8, 4) is 10.4 Å². The van der Waals surface area contributed by atoms with E-state index in [0.717, 1.165) is 23.3 Å². The monoisotopic (exact) mass is 513 g/mol. The van der Waals surface area contributed by atoms with Gasteiger partial charge in [-0.15, -0.1) is 11.3 Å². The summed E-state index contributed by atoms with van der Waals surface area (Å²) in [5.74, 6) is -2.30. The number of nitro groups is 1. The van der Waals surface area contributed by atoms with Crippen LogP contribution in [0, 0.1) is 15.9 Å². The lowest BCUT2D eigenvalue weighted by atomic mass is 9.94. The Kier molecular flexibility index (Phi) is 7.70. The summed E-state index contributed by atoms with van der Waals surface area (Å²) >= 11 is 0.850. The molecule has 2 aromatic heterocycles. The van der Waals surface area contributed by atoms with Crippen LogP contribution < -0.4 is 5.32 Å². The van der Waals surface area contributed by atoms with Gasteiger partial charge in [0.05, 0.1) is 34.4 Å². The first kappa shape index (κ1) is 25.4. The van der Waals surface area contributed by atoms with E-state index in [-0.39, 0.29) is 57.1 Å². The predicted octanol–water partition coefficient (Wildman–Crippen LogP) is 4.94. The Hall–Kier alpha value is -3.70. The molecule has 3 aromatic rings. The van der Waals surface area contributed by atoms with Gasteiger partial charge in [-0.25, -0.2) is 19.0 Å². The molecule has 1 aliphatic rings. The molecular weight excluding hydrogens is 489 g/mol. The number of hydrogen-bond acceptors (Lipinski definition) is 8. The van der Waals surface area contributed by atoms with Crippen LogP contribution in [0.25, 0.3) is 10.4 Å². The summed E-state index contributed by atoms with van der Waals surface area (Å²) in [6.07, 6.45) is 2.04. The first-order valence-electron chi connectivity index (χ1n) is 11.5. The molecule has 0 bridgehead atoms. The number of ether oxygens (including phenoxy) is 1. The molecule has 0 radical (unpaired) electrons. The Morgan fingerprint density at radius 2 is 2.00 bits per heavy atom. The zero-order valence-corrected chi connectivity index (χ0v) is 20.3. The van der Waals surface area contributed by atoms with Gasteiger partial charge in [-0.3, -0.25) is 10.1 Å². The zero-order chi connectivity index (χ0) is 25.8. The van der Waals surface area contributed by atoms with E-state index in [1.807, 2.05) is 0 Å². The average Bonchev–Trinajstić information content (AvgIpc) is 3.55. The van der Waals surface area contributed by atoms with E-state index in [4.69, 9.17) is 4.74 Å². The maximum atomic E-state index is 13.3. The van der Waals surface area contributed by atoms with Crippen molar-refractivity contribution in [3.63, 3.8) is 0 Å². The van der Waals surface area contributed by atoms with Crippen LogP contribution in [0.3, 0.4) is 0 Å². The van der Waals surface area contributed by atoms with Gasteiger partial charge in [-0.1, -0.05) is 12.1 Å². The van der Waals surface area contributed by atoms with Gasteiger partial charge in [0, 0.05) is 11.3 Å². The van der Waals surface area contributed by atoms with Crippen molar-refractivity contribution in [1.82, 2.24) is 10.3 Å². The molecule has 0 saturated carbocycles. The highest BCUT2D eigenvalue weighted by Crippen LogP contribution is 2.43. The van der Waals surface area contributed by atoms with E-state index in [9.17, 15) is 29.2 Å². The van der Waals surface area contributed by atoms with Gasteiger partial charge in [0.2, 0.25) is 0 Å².